The van der Waals surface area contributed by atoms with Crippen molar-refractivity contribution in [3.05, 3.63) is 68.0 Å². The van der Waals surface area contributed by atoms with Crippen LogP contribution in [0.3, 0.4) is 0 Å². The van der Waals surface area contributed by atoms with Crippen molar-refractivity contribution in [1.82, 2.24) is 9.97 Å². The molecule has 0 radical (unpaired) electrons. The van der Waals surface area contributed by atoms with Crippen LogP contribution in [-0.2, 0) is 6.42 Å². The molecule has 4 rings (SSSR count). The maximum Gasteiger partial charge on any atom is 0.345 e. The van der Waals surface area contributed by atoms with Crippen molar-refractivity contribution in [3.63, 3.8) is 0 Å². The van der Waals surface area contributed by atoms with Gasteiger partial charge in [-0.25, -0.2) is 9.78 Å². The SMILES string of the molecule is O=C(O)c1ccc(CCCCCSc2nc(-c3ccc(-c4cccs4)s3)cc(=O)[nH]2)s1. The number of nitrogens with one attached hydrogen (secondary N) is 1. The van der Waals surface area contributed by atoms with Crippen molar-refractivity contribution in [2.24, 2.45) is 0 Å². The summed E-state index contributed by atoms with van der Waals surface area (Å²) in [6.45, 7) is 0. The monoisotopic (exact) mass is 488 g/mol. The summed E-state index contributed by atoms with van der Waals surface area (Å²) in [5, 5.41) is 11.7. The van der Waals surface area contributed by atoms with Crippen LogP contribution >= 0.6 is 45.8 Å². The van der Waals surface area contributed by atoms with E-state index in [1.165, 1.54) is 21.1 Å². The topological polar surface area (TPSA) is 83.0 Å². The molecule has 5 nitrogen and oxygen atoms in total. The van der Waals surface area contributed by atoms with Gasteiger partial charge in [0.25, 0.3) is 5.56 Å². The van der Waals surface area contributed by atoms with Crippen LogP contribution in [0, 0.1) is 0 Å². The highest BCUT2D eigenvalue weighted by Gasteiger charge is 2.10. The largest absolute Gasteiger partial charge is 0.477 e. The van der Waals surface area contributed by atoms with Gasteiger partial charge in [-0.05, 0) is 55.0 Å². The van der Waals surface area contributed by atoms with E-state index in [0.29, 0.717) is 15.7 Å². The van der Waals surface area contributed by atoms with E-state index >= 15 is 0 Å². The van der Waals surface area contributed by atoms with Crippen LogP contribution in [0.1, 0.15) is 33.8 Å². The molecule has 2 N–H and O–H groups in total. The number of carbonyl (C=O) groups is 1. The van der Waals surface area contributed by atoms with Crippen LogP contribution in [0.5, 0.6) is 0 Å². The molecule has 0 atom stereocenters. The summed E-state index contributed by atoms with van der Waals surface area (Å²) in [5.41, 5.74) is 0.580. The van der Waals surface area contributed by atoms with E-state index in [9.17, 15) is 9.59 Å². The van der Waals surface area contributed by atoms with Crippen LogP contribution < -0.4 is 5.56 Å². The summed E-state index contributed by atoms with van der Waals surface area (Å²) in [6, 6.07) is 13.4. The smallest absolute Gasteiger partial charge is 0.345 e. The van der Waals surface area contributed by atoms with Gasteiger partial charge in [0.15, 0.2) is 5.16 Å². The summed E-state index contributed by atoms with van der Waals surface area (Å²) < 4.78 is 0. The van der Waals surface area contributed by atoms with E-state index in [1.807, 2.05) is 18.2 Å². The molecule has 0 saturated carbocycles. The molecule has 9 heteroatoms. The van der Waals surface area contributed by atoms with Crippen molar-refractivity contribution >= 4 is 51.7 Å². The van der Waals surface area contributed by atoms with Crippen molar-refractivity contribution in [2.45, 2.75) is 30.8 Å². The molecule has 160 valence electrons. The number of aryl methyl sites for hydroxylation is 1. The molecule has 4 aromatic heterocycles. The van der Waals surface area contributed by atoms with E-state index in [-0.39, 0.29) is 5.56 Å². The van der Waals surface area contributed by atoms with Gasteiger partial charge >= 0.3 is 5.97 Å². The number of carboxylic acids is 1. The number of rotatable bonds is 10. The van der Waals surface area contributed by atoms with Crippen molar-refractivity contribution in [1.29, 1.82) is 0 Å². The van der Waals surface area contributed by atoms with Crippen molar-refractivity contribution < 1.29 is 9.90 Å². The Bertz CT molecular complexity index is 1210. The van der Waals surface area contributed by atoms with Crippen molar-refractivity contribution in [2.75, 3.05) is 5.75 Å². The van der Waals surface area contributed by atoms with Crippen LogP contribution in [0.2, 0.25) is 0 Å². The average Bonchev–Trinajstić information content (AvgIpc) is 3.51. The number of unbranched alkanes of at least 4 members (excludes halogenated alkanes) is 2. The maximum atomic E-state index is 12.1. The predicted octanol–water partition coefficient (Wildman–Crippen LogP) is 6.49. The number of H-pyrrole nitrogens is 1. The lowest BCUT2D eigenvalue weighted by Gasteiger charge is -2.03. The van der Waals surface area contributed by atoms with Crippen LogP contribution in [0.15, 0.2) is 57.8 Å². The van der Waals surface area contributed by atoms with E-state index in [0.717, 1.165) is 41.2 Å². The lowest BCUT2D eigenvalue weighted by molar-refractivity contribution is 0.0702. The fourth-order valence-corrected chi connectivity index (χ4v) is 6.60. The van der Waals surface area contributed by atoms with Gasteiger partial charge in [-0.15, -0.1) is 34.0 Å². The van der Waals surface area contributed by atoms with E-state index in [4.69, 9.17) is 5.11 Å². The molecule has 31 heavy (non-hydrogen) atoms. The first kappa shape index (κ1) is 22.0. The Balaban J connectivity index is 1.28. The van der Waals surface area contributed by atoms with Gasteiger partial charge in [-0.3, -0.25) is 4.79 Å². The minimum Gasteiger partial charge on any atom is -0.477 e. The van der Waals surface area contributed by atoms with Gasteiger partial charge in [0.2, 0.25) is 0 Å². The Hall–Kier alpha value is -2.20. The Morgan fingerprint density at radius 3 is 2.68 bits per heavy atom. The molecular formula is C22H20N2O3S4. The Morgan fingerprint density at radius 1 is 1.03 bits per heavy atom. The zero-order valence-corrected chi connectivity index (χ0v) is 19.8. The molecule has 0 bridgehead atoms. The minimum absolute atomic E-state index is 0.134. The molecule has 0 amide bonds. The first-order valence-corrected chi connectivity index (χ1v) is 13.3. The highest BCUT2D eigenvalue weighted by molar-refractivity contribution is 7.99. The summed E-state index contributed by atoms with van der Waals surface area (Å²) in [6.07, 6.45) is 3.98. The molecular weight excluding hydrogens is 469 g/mol. The number of thioether (sulfide) groups is 1. The number of hydrogen-bond donors (Lipinski definition) is 2. The minimum atomic E-state index is -0.860. The Labute approximate surface area is 195 Å². The maximum absolute atomic E-state index is 12.1. The number of aromatic carboxylic acids is 1. The molecule has 0 aromatic carbocycles. The molecule has 0 spiro atoms. The van der Waals surface area contributed by atoms with Gasteiger partial charge in [0.1, 0.15) is 4.88 Å². The Morgan fingerprint density at radius 2 is 1.90 bits per heavy atom. The fourth-order valence-electron chi connectivity index (χ4n) is 3.03. The number of hydrogen-bond acceptors (Lipinski definition) is 7. The second kappa shape index (κ2) is 10.4. The summed E-state index contributed by atoms with van der Waals surface area (Å²) in [7, 11) is 0. The first-order chi connectivity index (χ1) is 15.1. The van der Waals surface area contributed by atoms with Gasteiger partial charge in [-0.1, -0.05) is 24.2 Å². The quantitative estimate of drug-likeness (QED) is 0.151. The summed E-state index contributed by atoms with van der Waals surface area (Å²) in [4.78, 5) is 35.4. The fraction of sp³-hybridized carbons (Fsp3) is 0.227. The van der Waals surface area contributed by atoms with Gasteiger partial charge in [-0.2, -0.15) is 0 Å². The predicted molar refractivity (Wildman–Crippen MR) is 131 cm³/mol. The molecule has 4 heterocycles. The molecule has 4 aromatic rings. The number of nitrogens with zero attached hydrogens (tertiary/aromatic N) is 1. The number of thiophene rings is 3. The summed E-state index contributed by atoms with van der Waals surface area (Å²) in [5.74, 6) is 0.0175. The molecule has 0 aliphatic carbocycles. The average molecular weight is 489 g/mol. The second-order valence-electron chi connectivity index (χ2n) is 6.81. The second-order valence-corrected chi connectivity index (χ2v) is 11.1. The lowest BCUT2D eigenvalue weighted by Crippen LogP contribution is -2.07. The van der Waals surface area contributed by atoms with E-state index in [1.54, 1.807) is 46.6 Å². The third-order valence-electron chi connectivity index (χ3n) is 4.52. The molecule has 0 aliphatic heterocycles. The first-order valence-electron chi connectivity index (χ1n) is 9.79. The molecule has 0 unspecified atom stereocenters. The summed E-state index contributed by atoms with van der Waals surface area (Å²) >= 11 is 6.27. The van der Waals surface area contributed by atoms with Crippen LogP contribution in [0.4, 0.5) is 0 Å². The third-order valence-corrected chi connectivity index (χ3v) is 8.79. The molecule has 0 fully saturated rings. The Kier molecular flexibility index (Phi) is 7.39. The van der Waals surface area contributed by atoms with Crippen LogP contribution in [0.25, 0.3) is 20.3 Å². The van der Waals surface area contributed by atoms with Gasteiger partial charge in [0.05, 0.1) is 10.6 Å². The zero-order valence-electron chi connectivity index (χ0n) is 16.5. The van der Waals surface area contributed by atoms with Crippen molar-refractivity contribution in [3.8, 4) is 20.3 Å². The highest BCUT2D eigenvalue weighted by atomic mass is 32.2. The zero-order chi connectivity index (χ0) is 21.6. The number of carboxylic acid groups (broad SMARTS) is 1. The lowest BCUT2D eigenvalue weighted by atomic mass is 10.2. The number of aromatic amines is 1. The molecule has 0 saturated heterocycles. The van der Waals surface area contributed by atoms with E-state index < -0.39 is 5.97 Å². The number of aromatic nitrogens is 2. The van der Waals surface area contributed by atoms with Gasteiger partial charge in [0, 0.05) is 26.5 Å². The van der Waals surface area contributed by atoms with Crippen LogP contribution in [-0.4, -0.2) is 26.8 Å². The standard InChI is InChI=1S/C22H20N2O3S4/c25-20-13-15(16-9-10-18(31-16)17-6-4-12-28-17)23-22(24-20)29-11-3-1-2-5-14-7-8-19(30-14)21(26)27/h4,6-10,12-13H,1-3,5,11H2,(H,26,27)(H,23,24,25). The highest BCUT2D eigenvalue weighted by Crippen LogP contribution is 2.35. The molecule has 0 aliphatic rings. The normalized spacial score (nSPS) is 11.1. The van der Waals surface area contributed by atoms with E-state index in [2.05, 4.69) is 27.5 Å². The van der Waals surface area contributed by atoms with Gasteiger partial charge < -0.3 is 10.1 Å². The third kappa shape index (κ3) is 5.94.